The lowest BCUT2D eigenvalue weighted by Crippen LogP contribution is -2.46. The molecule has 0 spiro atoms. The lowest BCUT2D eigenvalue weighted by molar-refractivity contribution is 0.0995. The van der Waals surface area contributed by atoms with Crippen LogP contribution in [-0.2, 0) is 6.54 Å². The zero-order valence-corrected chi connectivity index (χ0v) is 12.5. The van der Waals surface area contributed by atoms with Crippen LogP contribution in [0.4, 0.5) is 5.82 Å². The van der Waals surface area contributed by atoms with E-state index >= 15 is 0 Å². The van der Waals surface area contributed by atoms with E-state index < -0.39 is 5.91 Å². The van der Waals surface area contributed by atoms with E-state index in [9.17, 15) is 4.79 Å². The van der Waals surface area contributed by atoms with Crippen LogP contribution in [0.15, 0.2) is 48.5 Å². The minimum Gasteiger partial charge on any atom is -0.364 e. The van der Waals surface area contributed by atoms with Crippen LogP contribution in [0, 0.1) is 0 Å². The predicted octanol–water partition coefficient (Wildman–Crippen LogP) is 1.50. The molecule has 5 heteroatoms. The van der Waals surface area contributed by atoms with Gasteiger partial charge in [0.15, 0.2) is 0 Å². The molecule has 1 aliphatic heterocycles. The molecule has 2 N–H and O–H groups in total. The molecular formula is C17H20N4O. The van der Waals surface area contributed by atoms with Crippen molar-refractivity contribution in [2.45, 2.75) is 6.54 Å². The van der Waals surface area contributed by atoms with Gasteiger partial charge in [-0.3, -0.25) is 9.69 Å². The minimum absolute atomic E-state index is 0.323. The third-order valence-electron chi connectivity index (χ3n) is 3.93. The van der Waals surface area contributed by atoms with Crippen molar-refractivity contribution >= 4 is 11.7 Å². The normalized spacial score (nSPS) is 15.7. The highest BCUT2D eigenvalue weighted by molar-refractivity contribution is 5.91. The second kappa shape index (κ2) is 6.58. The molecule has 1 aromatic carbocycles. The van der Waals surface area contributed by atoms with Gasteiger partial charge in [-0.15, -0.1) is 0 Å². The van der Waals surface area contributed by atoms with E-state index in [2.05, 4.69) is 39.0 Å². The summed E-state index contributed by atoms with van der Waals surface area (Å²) >= 11 is 0. The van der Waals surface area contributed by atoms with E-state index in [0.29, 0.717) is 5.69 Å². The molecule has 5 nitrogen and oxygen atoms in total. The largest absolute Gasteiger partial charge is 0.364 e. The lowest BCUT2D eigenvalue weighted by Gasteiger charge is -2.35. The highest BCUT2D eigenvalue weighted by Gasteiger charge is 2.18. The van der Waals surface area contributed by atoms with Crippen molar-refractivity contribution in [3.63, 3.8) is 0 Å². The molecule has 0 bridgehead atoms. The summed E-state index contributed by atoms with van der Waals surface area (Å²) in [4.78, 5) is 20.2. The standard InChI is InChI=1S/C17H20N4O/c18-17(22)15-7-4-8-16(19-15)21-11-9-20(10-12-21)13-14-5-2-1-3-6-14/h1-8H,9-13H2,(H2,18,22). The first-order chi connectivity index (χ1) is 10.7. The first-order valence-electron chi connectivity index (χ1n) is 7.50. The minimum atomic E-state index is -0.482. The summed E-state index contributed by atoms with van der Waals surface area (Å²) in [6.45, 7) is 4.75. The molecule has 1 aromatic heterocycles. The van der Waals surface area contributed by atoms with Crippen LogP contribution in [0.5, 0.6) is 0 Å². The molecule has 3 rings (SSSR count). The first kappa shape index (κ1) is 14.5. The second-order valence-corrected chi connectivity index (χ2v) is 5.49. The lowest BCUT2D eigenvalue weighted by atomic mass is 10.2. The Morgan fingerprint density at radius 1 is 1.00 bits per heavy atom. The number of benzene rings is 1. The fourth-order valence-corrected chi connectivity index (χ4v) is 2.71. The van der Waals surface area contributed by atoms with Crippen molar-refractivity contribution in [2.24, 2.45) is 5.73 Å². The average Bonchev–Trinajstić information content (AvgIpc) is 2.56. The van der Waals surface area contributed by atoms with Gasteiger partial charge in [-0.1, -0.05) is 36.4 Å². The van der Waals surface area contributed by atoms with Gasteiger partial charge >= 0.3 is 0 Å². The molecule has 0 atom stereocenters. The van der Waals surface area contributed by atoms with E-state index in [4.69, 9.17) is 5.73 Å². The molecule has 1 aliphatic rings. The van der Waals surface area contributed by atoms with Crippen LogP contribution in [0.25, 0.3) is 0 Å². The molecule has 114 valence electrons. The van der Waals surface area contributed by atoms with E-state index in [1.165, 1.54) is 5.56 Å². The Labute approximate surface area is 130 Å². The van der Waals surface area contributed by atoms with Crippen molar-refractivity contribution < 1.29 is 4.79 Å². The van der Waals surface area contributed by atoms with Gasteiger partial charge in [-0.2, -0.15) is 0 Å². The fourth-order valence-electron chi connectivity index (χ4n) is 2.71. The number of rotatable bonds is 4. The SMILES string of the molecule is NC(=O)c1cccc(N2CCN(Cc3ccccc3)CC2)n1. The van der Waals surface area contributed by atoms with Crippen molar-refractivity contribution in [3.05, 3.63) is 59.8 Å². The molecule has 0 unspecified atom stereocenters. The van der Waals surface area contributed by atoms with Crippen LogP contribution in [-0.4, -0.2) is 42.0 Å². The summed E-state index contributed by atoms with van der Waals surface area (Å²) in [5.74, 6) is 0.347. The van der Waals surface area contributed by atoms with Crippen molar-refractivity contribution in [3.8, 4) is 0 Å². The summed E-state index contributed by atoms with van der Waals surface area (Å²) in [5.41, 5.74) is 6.95. The van der Waals surface area contributed by atoms with Gasteiger partial charge in [0.25, 0.3) is 5.91 Å². The number of pyridine rings is 1. The van der Waals surface area contributed by atoms with Gasteiger partial charge in [0, 0.05) is 32.7 Å². The molecule has 2 heterocycles. The Morgan fingerprint density at radius 2 is 1.73 bits per heavy atom. The number of carbonyl (C=O) groups is 1. The highest BCUT2D eigenvalue weighted by atomic mass is 16.1. The number of aromatic nitrogens is 1. The Hall–Kier alpha value is -2.40. The van der Waals surface area contributed by atoms with Gasteiger partial charge < -0.3 is 10.6 Å². The maximum atomic E-state index is 11.2. The molecular weight excluding hydrogens is 276 g/mol. The number of piperazine rings is 1. The van der Waals surface area contributed by atoms with E-state index in [-0.39, 0.29) is 0 Å². The smallest absolute Gasteiger partial charge is 0.267 e. The van der Waals surface area contributed by atoms with Gasteiger partial charge in [0.2, 0.25) is 0 Å². The Morgan fingerprint density at radius 3 is 2.41 bits per heavy atom. The van der Waals surface area contributed by atoms with Gasteiger partial charge in [-0.25, -0.2) is 4.98 Å². The Balaban J connectivity index is 1.60. The van der Waals surface area contributed by atoms with Crippen LogP contribution in [0.1, 0.15) is 16.1 Å². The zero-order valence-electron chi connectivity index (χ0n) is 12.5. The number of hydrogen-bond acceptors (Lipinski definition) is 4. The molecule has 1 amide bonds. The Bertz CT molecular complexity index is 636. The van der Waals surface area contributed by atoms with Crippen molar-refractivity contribution in [1.29, 1.82) is 0 Å². The summed E-state index contributed by atoms with van der Waals surface area (Å²) in [6, 6.07) is 15.9. The van der Waals surface area contributed by atoms with Crippen LogP contribution in [0.3, 0.4) is 0 Å². The number of anilines is 1. The third-order valence-corrected chi connectivity index (χ3v) is 3.93. The maximum Gasteiger partial charge on any atom is 0.267 e. The summed E-state index contributed by atoms with van der Waals surface area (Å²) in [7, 11) is 0. The number of carbonyl (C=O) groups excluding carboxylic acids is 1. The third kappa shape index (κ3) is 3.43. The number of amides is 1. The highest BCUT2D eigenvalue weighted by Crippen LogP contribution is 2.15. The number of primary amides is 1. The topological polar surface area (TPSA) is 62.5 Å². The molecule has 2 aromatic rings. The number of nitrogens with zero attached hydrogens (tertiary/aromatic N) is 3. The molecule has 22 heavy (non-hydrogen) atoms. The van der Waals surface area contributed by atoms with Gasteiger partial charge in [-0.05, 0) is 17.7 Å². The van der Waals surface area contributed by atoms with Crippen LogP contribution >= 0.6 is 0 Å². The van der Waals surface area contributed by atoms with E-state index in [1.807, 2.05) is 18.2 Å². The van der Waals surface area contributed by atoms with E-state index in [1.54, 1.807) is 6.07 Å². The monoisotopic (exact) mass is 296 g/mol. The maximum absolute atomic E-state index is 11.2. The summed E-state index contributed by atoms with van der Waals surface area (Å²) in [6.07, 6.45) is 0. The summed E-state index contributed by atoms with van der Waals surface area (Å²) in [5, 5.41) is 0. The van der Waals surface area contributed by atoms with Crippen LogP contribution in [0.2, 0.25) is 0 Å². The molecule has 1 saturated heterocycles. The average molecular weight is 296 g/mol. The Kier molecular flexibility index (Phi) is 4.34. The fraction of sp³-hybridized carbons (Fsp3) is 0.294. The molecule has 1 fully saturated rings. The van der Waals surface area contributed by atoms with Crippen LogP contribution < -0.4 is 10.6 Å². The molecule has 0 aliphatic carbocycles. The number of hydrogen-bond donors (Lipinski definition) is 1. The zero-order chi connectivity index (χ0) is 15.4. The summed E-state index contributed by atoms with van der Waals surface area (Å²) < 4.78 is 0. The van der Waals surface area contributed by atoms with E-state index in [0.717, 1.165) is 38.5 Å². The predicted molar refractivity (Wildman–Crippen MR) is 86.7 cm³/mol. The molecule has 0 radical (unpaired) electrons. The quantitative estimate of drug-likeness (QED) is 0.929. The second-order valence-electron chi connectivity index (χ2n) is 5.49. The number of nitrogens with two attached hydrogens (primary N) is 1. The van der Waals surface area contributed by atoms with Gasteiger partial charge in [0.05, 0.1) is 0 Å². The first-order valence-corrected chi connectivity index (χ1v) is 7.50. The van der Waals surface area contributed by atoms with Crippen molar-refractivity contribution in [1.82, 2.24) is 9.88 Å². The van der Waals surface area contributed by atoms with Gasteiger partial charge in [0.1, 0.15) is 11.5 Å². The molecule has 0 saturated carbocycles. The van der Waals surface area contributed by atoms with Crippen molar-refractivity contribution in [2.75, 3.05) is 31.1 Å².